The molecule has 0 aliphatic heterocycles. The van der Waals surface area contributed by atoms with Gasteiger partial charge in [0.05, 0.1) is 18.7 Å². The van der Waals surface area contributed by atoms with Gasteiger partial charge in [-0.1, -0.05) is 23.8 Å². The number of hydrogen-bond acceptors (Lipinski definition) is 3. The van der Waals surface area contributed by atoms with Gasteiger partial charge in [0.15, 0.2) is 6.61 Å². The number of hydrogen-bond donors (Lipinski definition) is 1. The molecule has 2 rings (SSSR count). The summed E-state index contributed by atoms with van der Waals surface area (Å²) in [5.41, 5.74) is 0.996. The molecule has 26 heavy (non-hydrogen) atoms. The second-order valence-electron chi connectivity index (χ2n) is 5.85. The fourth-order valence-electron chi connectivity index (χ4n) is 2.46. The molecular formula is C19H20F3NO3. The van der Waals surface area contributed by atoms with Crippen LogP contribution < -0.4 is 14.8 Å². The summed E-state index contributed by atoms with van der Waals surface area (Å²) in [4.78, 5) is 12.1. The van der Waals surface area contributed by atoms with E-state index in [0.29, 0.717) is 5.75 Å². The molecule has 0 fully saturated rings. The highest BCUT2D eigenvalue weighted by Gasteiger charge is 2.30. The van der Waals surface area contributed by atoms with Crippen LogP contribution in [0.1, 0.15) is 29.7 Å². The number of nitrogens with one attached hydrogen (secondary N) is 1. The number of aryl methyl sites for hydroxylation is 1. The minimum atomic E-state index is -4.46. The highest BCUT2D eigenvalue weighted by molar-refractivity contribution is 5.78. The predicted octanol–water partition coefficient (Wildman–Crippen LogP) is 4.28. The van der Waals surface area contributed by atoms with Crippen molar-refractivity contribution in [2.45, 2.75) is 26.1 Å². The number of halogens is 3. The fourth-order valence-corrected chi connectivity index (χ4v) is 2.46. The van der Waals surface area contributed by atoms with Crippen LogP contribution in [0, 0.1) is 6.92 Å². The van der Waals surface area contributed by atoms with Gasteiger partial charge in [-0.15, -0.1) is 0 Å². The van der Waals surface area contributed by atoms with Crippen LogP contribution in [0.3, 0.4) is 0 Å². The van der Waals surface area contributed by atoms with E-state index in [4.69, 9.17) is 9.47 Å². The molecule has 0 spiro atoms. The zero-order chi connectivity index (χ0) is 19.3. The molecule has 4 nitrogen and oxygen atoms in total. The summed E-state index contributed by atoms with van der Waals surface area (Å²) in [6, 6.07) is 9.67. The van der Waals surface area contributed by atoms with E-state index < -0.39 is 17.6 Å². The average molecular weight is 367 g/mol. The lowest BCUT2D eigenvalue weighted by molar-refractivity contribution is -0.137. The van der Waals surface area contributed by atoms with E-state index >= 15 is 0 Å². The Morgan fingerprint density at radius 2 is 1.92 bits per heavy atom. The lowest BCUT2D eigenvalue weighted by atomic mass is 10.0. The van der Waals surface area contributed by atoms with Crippen LogP contribution in [-0.2, 0) is 11.0 Å². The second-order valence-corrected chi connectivity index (χ2v) is 5.85. The van der Waals surface area contributed by atoms with E-state index in [1.165, 1.54) is 12.1 Å². The molecule has 0 unspecified atom stereocenters. The molecule has 1 N–H and O–H groups in total. The van der Waals surface area contributed by atoms with Crippen molar-refractivity contribution < 1.29 is 27.4 Å². The third-order valence-electron chi connectivity index (χ3n) is 3.76. The number of carbonyl (C=O) groups is 1. The molecule has 0 heterocycles. The summed E-state index contributed by atoms with van der Waals surface area (Å²) in [5.74, 6) is 0.177. The molecule has 0 bridgehead atoms. The number of ether oxygens (including phenoxy) is 2. The van der Waals surface area contributed by atoms with Crippen molar-refractivity contribution in [3.8, 4) is 11.5 Å². The van der Waals surface area contributed by atoms with Crippen molar-refractivity contribution in [3.05, 3.63) is 59.2 Å². The summed E-state index contributed by atoms with van der Waals surface area (Å²) in [5, 5.41) is 2.75. The van der Waals surface area contributed by atoms with Crippen LogP contribution >= 0.6 is 0 Å². The van der Waals surface area contributed by atoms with E-state index in [1.54, 1.807) is 14.0 Å². The molecule has 0 saturated carbocycles. The molecule has 0 radical (unpaired) electrons. The Hall–Kier alpha value is -2.70. The van der Waals surface area contributed by atoms with Crippen molar-refractivity contribution in [1.82, 2.24) is 5.32 Å². The standard InChI is InChI=1S/C19H20F3NO3/c1-12-7-8-17(25-3)16(9-12)13(2)23-18(24)11-26-15-6-4-5-14(10-15)19(20,21)22/h4-10,13H,11H2,1-3H3,(H,23,24)/t13-/m0/s1. The van der Waals surface area contributed by atoms with Gasteiger partial charge < -0.3 is 14.8 Å². The number of carbonyl (C=O) groups excluding carboxylic acids is 1. The second kappa shape index (κ2) is 8.12. The molecule has 0 aromatic heterocycles. The maximum atomic E-state index is 12.7. The van der Waals surface area contributed by atoms with Gasteiger partial charge in [0.25, 0.3) is 5.91 Å². The Morgan fingerprint density at radius 3 is 2.58 bits per heavy atom. The van der Waals surface area contributed by atoms with Gasteiger partial charge in [-0.3, -0.25) is 4.79 Å². The number of benzene rings is 2. The number of alkyl halides is 3. The monoisotopic (exact) mass is 367 g/mol. The lowest BCUT2D eigenvalue weighted by Gasteiger charge is -2.18. The topological polar surface area (TPSA) is 47.6 Å². The zero-order valence-electron chi connectivity index (χ0n) is 14.7. The maximum absolute atomic E-state index is 12.7. The molecule has 1 amide bonds. The molecule has 2 aromatic rings. The highest BCUT2D eigenvalue weighted by Crippen LogP contribution is 2.31. The average Bonchev–Trinajstić information content (AvgIpc) is 2.59. The molecule has 7 heteroatoms. The van der Waals surface area contributed by atoms with Crippen molar-refractivity contribution in [2.24, 2.45) is 0 Å². The number of amides is 1. The molecule has 0 saturated heterocycles. The van der Waals surface area contributed by atoms with Gasteiger partial charge in [0.1, 0.15) is 11.5 Å². The van der Waals surface area contributed by atoms with Crippen LogP contribution in [0.25, 0.3) is 0 Å². The van der Waals surface area contributed by atoms with Gasteiger partial charge in [-0.05, 0) is 38.1 Å². The van der Waals surface area contributed by atoms with Gasteiger partial charge in [0, 0.05) is 5.56 Å². The van der Waals surface area contributed by atoms with E-state index in [9.17, 15) is 18.0 Å². The number of rotatable bonds is 6. The van der Waals surface area contributed by atoms with E-state index in [-0.39, 0.29) is 18.4 Å². The van der Waals surface area contributed by atoms with Crippen molar-refractivity contribution in [2.75, 3.05) is 13.7 Å². The summed E-state index contributed by atoms with van der Waals surface area (Å²) >= 11 is 0. The quantitative estimate of drug-likeness (QED) is 0.829. The Morgan fingerprint density at radius 1 is 1.19 bits per heavy atom. The predicted molar refractivity (Wildman–Crippen MR) is 91.2 cm³/mol. The first-order valence-electron chi connectivity index (χ1n) is 7.94. The first-order valence-corrected chi connectivity index (χ1v) is 7.94. The SMILES string of the molecule is COc1ccc(C)cc1[C@H](C)NC(=O)COc1cccc(C(F)(F)F)c1. The van der Waals surface area contributed by atoms with Crippen LogP contribution in [-0.4, -0.2) is 19.6 Å². The third kappa shape index (κ3) is 5.15. The molecular weight excluding hydrogens is 347 g/mol. The lowest BCUT2D eigenvalue weighted by Crippen LogP contribution is -2.31. The molecule has 1 atom stereocenters. The maximum Gasteiger partial charge on any atom is 0.416 e. The normalized spacial score (nSPS) is 12.4. The fraction of sp³-hybridized carbons (Fsp3) is 0.316. The van der Waals surface area contributed by atoms with Crippen LogP contribution in [0.2, 0.25) is 0 Å². The van der Waals surface area contributed by atoms with Crippen LogP contribution in [0.4, 0.5) is 13.2 Å². The van der Waals surface area contributed by atoms with Crippen molar-refractivity contribution in [1.29, 1.82) is 0 Å². The Labute approximate surface area is 149 Å². The first-order chi connectivity index (χ1) is 12.2. The van der Waals surface area contributed by atoms with E-state index in [0.717, 1.165) is 23.3 Å². The Bertz CT molecular complexity index is 775. The Kier molecular flexibility index (Phi) is 6.13. The zero-order valence-corrected chi connectivity index (χ0v) is 14.7. The molecule has 2 aromatic carbocycles. The van der Waals surface area contributed by atoms with Gasteiger partial charge in [-0.2, -0.15) is 13.2 Å². The summed E-state index contributed by atoms with van der Waals surface area (Å²) in [7, 11) is 1.54. The molecule has 0 aliphatic rings. The summed E-state index contributed by atoms with van der Waals surface area (Å²) < 4.78 is 48.5. The summed E-state index contributed by atoms with van der Waals surface area (Å²) in [6.45, 7) is 3.33. The van der Waals surface area contributed by atoms with Crippen LogP contribution in [0.15, 0.2) is 42.5 Å². The molecule has 0 aliphatic carbocycles. The van der Waals surface area contributed by atoms with E-state index in [2.05, 4.69) is 5.32 Å². The van der Waals surface area contributed by atoms with Crippen LogP contribution in [0.5, 0.6) is 11.5 Å². The smallest absolute Gasteiger partial charge is 0.416 e. The van der Waals surface area contributed by atoms with Gasteiger partial charge in [-0.25, -0.2) is 0 Å². The number of methoxy groups -OCH3 is 1. The van der Waals surface area contributed by atoms with Crippen molar-refractivity contribution >= 4 is 5.91 Å². The van der Waals surface area contributed by atoms with Crippen molar-refractivity contribution in [3.63, 3.8) is 0 Å². The summed E-state index contributed by atoms with van der Waals surface area (Å²) in [6.07, 6.45) is -4.46. The first kappa shape index (κ1) is 19.6. The minimum absolute atomic E-state index is 0.0178. The third-order valence-corrected chi connectivity index (χ3v) is 3.76. The molecule has 140 valence electrons. The van der Waals surface area contributed by atoms with E-state index in [1.807, 2.05) is 25.1 Å². The minimum Gasteiger partial charge on any atom is -0.496 e. The largest absolute Gasteiger partial charge is 0.496 e. The van der Waals surface area contributed by atoms with Gasteiger partial charge in [0.2, 0.25) is 0 Å². The highest BCUT2D eigenvalue weighted by atomic mass is 19.4. The van der Waals surface area contributed by atoms with Gasteiger partial charge >= 0.3 is 6.18 Å². The Balaban J connectivity index is 1.98.